The van der Waals surface area contributed by atoms with Crippen molar-refractivity contribution in [1.29, 1.82) is 0 Å². The number of nitrogens with one attached hydrogen (secondary N) is 1. The number of benzene rings is 1. The number of hydrazine groups is 1. The second-order valence-electron chi connectivity index (χ2n) is 6.00. The van der Waals surface area contributed by atoms with Crippen LogP contribution in [0.3, 0.4) is 0 Å². The van der Waals surface area contributed by atoms with Gasteiger partial charge in [-0.05, 0) is 44.0 Å². The van der Waals surface area contributed by atoms with Gasteiger partial charge in [0.05, 0.1) is 0 Å². The number of halogens is 1. The average Bonchev–Trinajstić information content (AvgIpc) is 2.98. The molecule has 0 spiro atoms. The Balaban J connectivity index is 2.26. The molecule has 3 nitrogen and oxygen atoms in total. The SMILES string of the molecule is CCN(CC)C1(C(Cc2ccccc2F)NN)CCCC1. The molecule has 0 bridgehead atoms. The fourth-order valence-electron chi connectivity index (χ4n) is 4.01. The lowest BCUT2D eigenvalue weighted by Gasteiger charge is -2.46. The lowest BCUT2D eigenvalue weighted by Crippen LogP contribution is -2.62. The van der Waals surface area contributed by atoms with E-state index in [0.29, 0.717) is 6.42 Å². The highest BCUT2D eigenvalue weighted by Gasteiger charge is 2.44. The summed E-state index contributed by atoms with van der Waals surface area (Å²) in [5, 5.41) is 0. The highest BCUT2D eigenvalue weighted by Crippen LogP contribution is 2.39. The first-order valence-corrected chi connectivity index (χ1v) is 8.12. The van der Waals surface area contributed by atoms with Crippen LogP contribution in [0.5, 0.6) is 0 Å². The molecule has 1 aromatic carbocycles. The highest BCUT2D eigenvalue weighted by molar-refractivity contribution is 5.20. The zero-order chi connectivity index (χ0) is 15.3. The molecular weight excluding hydrogens is 265 g/mol. The van der Waals surface area contributed by atoms with Gasteiger partial charge < -0.3 is 0 Å². The van der Waals surface area contributed by atoms with Crippen molar-refractivity contribution in [1.82, 2.24) is 10.3 Å². The smallest absolute Gasteiger partial charge is 0.126 e. The summed E-state index contributed by atoms with van der Waals surface area (Å²) in [5.41, 5.74) is 3.81. The Hall–Kier alpha value is -0.970. The predicted molar refractivity (Wildman–Crippen MR) is 85.3 cm³/mol. The Kier molecular flexibility index (Phi) is 5.73. The van der Waals surface area contributed by atoms with Crippen molar-refractivity contribution in [3.8, 4) is 0 Å². The Morgan fingerprint density at radius 2 is 1.86 bits per heavy atom. The van der Waals surface area contributed by atoms with Gasteiger partial charge in [-0.25, -0.2) is 4.39 Å². The molecule has 1 aliphatic carbocycles. The Bertz CT molecular complexity index is 439. The van der Waals surface area contributed by atoms with E-state index in [4.69, 9.17) is 5.84 Å². The Morgan fingerprint density at radius 1 is 1.24 bits per heavy atom. The number of hydrogen-bond acceptors (Lipinski definition) is 3. The van der Waals surface area contributed by atoms with Crippen molar-refractivity contribution in [2.45, 2.75) is 57.5 Å². The number of nitrogens with zero attached hydrogens (tertiary/aromatic N) is 1. The summed E-state index contributed by atoms with van der Waals surface area (Å²) in [6, 6.07) is 7.10. The van der Waals surface area contributed by atoms with Crippen LogP contribution in [0.2, 0.25) is 0 Å². The van der Waals surface area contributed by atoms with Gasteiger partial charge in [-0.1, -0.05) is 44.9 Å². The Morgan fingerprint density at radius 3 is 2.38 bits per heavy atom. The van der Waals surface area contributed by atoms with E-state index in [1.54, 1.807) is 6.07 Å². The lowest BCUT2D eigenvalue weighted by atomic mass is 9.82. The zero-order valence-corrected chi connectivity index (χ0v) is 13.2. The van der Waals surface area contributed by atoms with Gasteiger partial charge in [-0.3, -0.25) is 16.2 Å². The van der Waals surface area contributed by atoms with Crippen LogP contribution in [-0.4, -0.2) is 29.6 Å². The number of hydrogen-bond donors (Lipinski definition) is 2. The van der Waals surface area contributed by atoms with Gasteiger partial charge in [0, 0.05) is 11.6 Å². The van der Waals surface area contributed by atoms with Crippen LogP contribution in [0.1, 0.15) is 45.1 Å². The van der Waals surface area contributed by atoms with Crippen LogP contribution in [0.15, 0.2) is 24.3 Å². The van der Waals surface area contributed by atoms with Crippen LogP contribution in [0.25, 0.3) is 0 Å². The molecule has 118 valence electrons. The average molecular weight is 293 g/mol. The second kappa shape index (κ2) is 7.34. The maximum atomic E-state index is 14.0. The van der Waals surface area contributed by atoms with E-state index in [0.717, 1.165) is 31.5 Å². The normalized spacial score (nSPS) is 19.1. The van der Waals surface area contributed by atoms with Crippen molar-refractivity contribution >= 4 is 0 Å². The standard InChI is InChI=1S/C17H28FN3/c1-3-21(4-2)17(11-7-8-12-17)16(20-19)13-14-9-5-6-10-15(14)18/h5-6,9-10,16,20H,3-4,7-8,11-13,19H2,1-2H3. The van der Waals surface area contributed by atoms with Gasteiger partial charge >= 0.3 is 0 Å². The first-order valence-electron chi connectivity index (χ1n) is 8.12. The molecule has 1 fully saturated rings. The van der Waals surface area contributed by atoms with E-state index >= 15 is 0 Å². The molecule has 0 amide bonds. The number of rotatable bonds is 7. The summed E-state index contributed by atoms with van der Waals surface area (Å²) < 4.78 is 14.0. The summed E-state index contributed by atoms with van der Waals surface area (Å²) in [6.07, 6.45) is 5.37. The summed E-state index contributed by atoms with van der Waals surface area (Å²) >= 11 is 0. The molecular formula is C17H28FN3. The van der Waals surface area contributed by atoms with Gasteiger partial charge in [0.2, 0.25) is 0 Å². The quantitative estimate of drug-likeness (QED) is 0.600. The van der Waals surface area contributed by atoms with E-state index < -0.39 is 0 Å². The largest absolute Gasteiger partial charge is 0.297 e. The first-order chi connectivity index (χ1) is 10.2. The maximum absolute atomic E-state index is 14.0. The number of likely N-dealkylation sites (N-methyl/N-ethyl adjacent to an activating group) is 1. The maximum Gasteiger partial charge on any atom is 0.126 e. The van der Waals surface area contributed by atoms with Gasteiger partial charge in [0.1, 0.15) is 5.82 Å². The van der Waals surface area contributed by atoms with Crippen LogP contribution in [0, 0.1) is 5.82 Å². The van der Waals surface area contributed by atoms with Crippen molar-refractivity contribution < 1.29 is 4.39 Å². The molecule has 1 aliphatic rings. The second-order valence-corrected chi connectivity index (χ2v) is 6.00. The topological polar surface area (TPSA) is 41.3 Å². The molecule has 0 aliphatic heterocycles. The Labute approximate surface area is 127 Å². The van der Waals surface area contributed by atoms with E-state index in [9.17, 15) is 4.39 Å². The minimum Gasteiger partial charge on any atom is -0.297 e. The molecule has 0 aromatic heterocycles. The van der Waals surface area contributed by atoms with Gasteiger partial charge in [0.25, 0.3) is 0 Å². The van der Waals surface area contributed by atoms with E-state index in [2.05, 4.69) is 24.2 Å². The lowest BCUT2D eigenvalue weighted by molar-refractivity contribution is 0.0627. The van der Waals surface area contributed by atoms with Crippen LogP contribution < -0.4 is 11.3 Å². The van der Waals surface area contributed by atoms with Gasteiger partial charge in [-0.2, -0.15) is 0 Å². The van der Waals surface area contributed by atoms with Crippen molar-refractivity contribution in [2.24, 2.45) is 5.84 Å². The molecule has 21 heavy (non-hydrogen) atoms. The first kappa shape index (κ1) is 16.4. The van der Waals surface area contributed by atoms with E-state index in [-0.39, 0.29) is 17.4 Å². The third kappa shape index (κ3) is 3.28. The fraction of sp³-hybridized carbons (Fsp3) is 0.647. The minimum atomic E-state index is -0.134. The molecule has 1 atom stereocenters. The fourth-order valence-corrected chi connectivity index (χ4v) is 4.01. The van der Waals surface area contributed by atoms with Crippen molar-refractivity contribution in [3.63, 3.8) is 0 Å². The minimum absolute atomic E-state index is 0.0561. The van der Waals surface area contributed by atoms with Crippen LogP contribution in [0.4, 0.5) is 4.39 Å². The predicted octanol–water partition coefficient (Wildman–Crippen LogP) is 2.85. The number of nitrogens with two attached hydrogens (primary N) is 1. The zero-order valence-electron chi connectivity index (χ0n) is 13.2. The van der Waals surface area contributed by atoms with E-state index in [1.807, 2.05) is 12.1 Å². The van der Waals surface area contributed by atoms with E-state index in [1.165, 1.54) is 18.9 Å². The monoisotopic (exact) mass is 293 g/mol. The van der Waals surface area contributed by atoms with Crippen LogP contribution in [-0.2, 0) is 6.42 Å². The molecule has 1 saturated carbocycles. The summed E-state index contributed by atoms with van der Waals surface area (Å²) in [7, 11) is 0. The van der Waals surface area contributed by atoms with Crippen LogP contribution >= 0.6 is 0 Å². The van der Waals surface area contributed by atoms with Gasteiger partial charge in [-0.15, -0.1) is 0 Å². The molecule has 1 aromatic rings. The third-order valence-electron chi connectivity index (χ3n) is 5.09. The summed E-state index contributed by atoms with van der Waals surface area (Å²) in [5.74, 6) is 5.75. The van der Waals surface area contributed by atoms with Gasteiger partial charge in [0.15, 0.2) is 0 Å². The highest BCUT2D eigenvalue weighted by atomic mass is 19.1. The summed E-state index contributed by atoms with van der Waals surface area (Å²) in [4.78, 5) is 2.51. The molecule has 4 heteroatoms. The molecule has 0 saturated heterocycles. The molecule has 0 radical (unpaired) electrons. The molecule has 1 unspecified atom stereocenters. The van der Waals surface area contributed by atoms with Crippen molar-refractivity contribution in [2.75, 3.05) is 13.1 Å². The third-order valence-corrected chi connectivity index (χ3v) is 5.09. The molecule has 0 heterocycles. The molecule has 2 rings (SSSR count). The summed E-state index contributed by atoms with van der Waals surface area (Å²) in [6.45, 7) is 6.40. The molecule has 3 N–H and O–H groups in total. The van der Waals surface area contributed by atoms with Crippen molar-refractivity contribution in [3.05, 3.63) is 35.6 Å².